The van der Waals surface area contributed by atoms with Gasteiger partial charge in [-0.25, -0.2) is 4.79 Å². The van der Waals surface area contributed by atoms with E-state index in [0.717, 1.165) is 24.5 Å². The number of nitrogens with zero attached hydrogens (tertiary/aromatic N) is 1. The van der Waals surface area contributed by atoms with Gasteiger partial charge in [0.05, 0.1) is 5.71 Å². The van der Waals surface area contributed by atoms with Gasteiger partial charge in [0.15, 0.2) is 0 Å². The molecule has 0 aromatic heterocycles. The average molecular weight is 388 g/mol. The summed E-state index contributed by atoms with van der Waals surface area (Å²) in [5.74, 6) is 1.16. The Morgan fingerprint density at radius 2 is 1.93 bits per heavy atom. The van der Waals surface area contributed by atoms with Crippen molar-refractivity contribution < 1.29 is 9.63 Å². The van der Waals surface area contributed by atoms with E-state index in [1.165, 1.54) is 51.0 Å². The molecule has 3 heteroatoms. The predicted molar refractivity (Wildman–Crippen MR) is 118 cm³/mol. The van der Waals surface area contributed by atoms with Crippen LogP contribution in [0.4, 0.5) is 0 Å². The van der Waals surface area contributed by atoms with E-state index in [0.29, 0.717) is 16.7 Å². The van der Waals surface area contributed by atoms with Gasteiger partial charge in [-0.3, -0.25) is 0 Å². The van der Waals surface area contributed by atoms with E-state index in [9.17, 15) is 4.79 Å². The number of rotatable bonds is 7. The first-order valence-electron chi connectivity index (χ1n) is 11.1. The average Bonchev–Trinajstić information content (AvgIpc) is 2.58. The minimum absolute atomic E-state index is 0.361. The maximum atomic E-state index is 10.8. The Hall–Kier alpha value is -1.38. The quantitative estimate of drug-likeness (QED) is 0.200. The molecular weight excluding hydrogens is 346 g/mol. The first-order chi connectivity index (χ1) is 13.1. The standard InChI is InChI=1S/C25H41NO2/c1-18(10-8-11-20(3)26-28-21(4)27)12-14-22-19(2)13-15-23-24(5,6)16-9-17-25(22,23)7/h10,13,22-23H,8-9,11-12,14-17H2,1-7H3/b18-10-,26-20-/t22-,23-,25+/m1/s1. The molecule has 0 saturated heterocycles. The van der Waals surface area contributed by atoms with E-state index >= 15 is 0 Å². The van der Waals surface area contributed by atoms with Crippen LogP contribution in [0.3, 0.4) is 0 Å². The molecule has 1 fully saturated rings. The number of fused-ring (bicyclic) bond motifs is 1. The third-order valence-electron chi connectivity index (χ3n) is 7.45. The predicted octanol–water partition coefficient (Wildman–Crippen LogP) is 7.23. The van der Waals surface area contributed by atoms with Crippen molar-refractivity contribution >= 4 is 11.7 Å². The van der Waals surface area contributed by atoms with E-state index in [1.54, 1.807) is 5.57 Å². The maximum Gasteiger partial charge on any atom is 0.331 e. The van der Waals surface area contributed by atoms with Gasteiger partial charge < -0.3 is 4.84 Å². The third-order valence-corrected chi connectivity index (χ3v) is 7.45. The Kier molecular flexibility index (Phi) is 7.70. The first kappa shape index (κ1) is 22.9. The molecule has 0 spiro atoms. The highest BCUT2D eigenvalue weighted by Gasteiger charge is 2.51. The molecule has 0 N–H and O–H groups in total. The van der Waals surface area contributed by atoms with Crippen LogP contribution < -0.4 is 0 Å². The molecule has 3 atom stereocenters. The van der Waals surface area contributed by atoms with Crippen LogP contribution in [-0.4, -0.2) is 11.7 Å². The molecule has 0 amide bonds. The summed E-state index contributed by atoms with van der Waals surface area (Å²) in [5.41, 5.74) is 4.87. The van der Waals surface area contributed by atoms with Crippen molar-refractivity contribution in [1.29, 1.82) is 0 Å². The smallest absolute Gasteiger partial charge is 0.319 e. The van der Waals surface area contributed by atoms with E-state index in [1.807, 2.05) is 6.92 Å². The zero-order chi connectivity index (χ0) is 20.9. The van der Waals surface area contributed by atoms with Gasteiger partial charge in [-0.15, -0.1) is 0 Å². The lowest BCUT2D eigenvalue weighted by Crippen LogP contribution is -2.48. The second-order valence-corrected chi connectivity index (χ2v) is 10.2. The Morgan fingerprint density at radius 3 is 2.61 bits per heavy atom. The number of carbonyl (C=O) groups excluding carboxylic acids is 1. The van der Waals surface area contributed by atoms with E-state index in [4.69, 9.17) is 4.84 Å². The summed E-state index contributed by atoms with van der Waals surface area (Å²) in [4.78, 5) is 15.5. The monoisotopic (exact) mass is 387 g/mol. The number of carbonyl (C=O) groups is 1. The molecule has 0 aromatic rings. The van der Waals surface area contributed by atoms with Gasteiger partial charge >= 0.3 is 5.97 Å². The maximum absolute atomic E-state index is 10.8. The summed E-state index contributed by atoms with van der Waals surface area (Å²) in [6.07, 6.45) is 14.5. The first-order valence-corrected chi connectivity index (χ1v) is 11.1. The van der Waals surface area contributed by atoms with Crippen LogP contribution in [-0.2, 0) is 9.63 Å². The molecule has 2 aliphatic carbocycles. The molecule has 0 unspecified atom stereocenters. The lowest BCUT2D eigenvalue weighted by atomic mass is 9.48. The summed E-state index contributed by atoms with van der Waals surface area (Å²) in [6, 6.07) is 0. The summed E-state index contributed by atoms with van der Waals surface area (Å²) in [7, 11) is 0. The van der Waals surface area contributed by atoms with Crippen molar-refractivity contribution in [3.63, 3.8) is 0 Å². The van der Waals surface area contributed by atoms with Crippen molar-refractivity contribution in [1.82, 2.24) is 0 Å². The molecule has 2 aliphatic rings. The van der Waals surface area contributed by atoms with Crippen LogP contribution >= 0.6 is 0 Å². The van der Waals surface area contributed by atoms with Crippen LogP contribution in [0.15, 0.2) is 28.5 Å². The molecule has 158 valence electrons. The summed E-state index contributed by atoms with van der Waals surface area (Å²) >= 11 is 0. The highest BCUT2D eigenvalue weighted by atomic mass is 16.7. The fourth-order valence-corrected chi connectivity index (χ4v) is 5.88. The number of allylic oxidation sites excluding steroid dienone is 4. The van der Waals surface area contributed by atoms with Crippen molar-refractivity contribution in [3.05, 3.63) is 23.3 Å². The van der Waals surface area contributed by atoms with Gasteiger partial charge in [0.1, 0.15) is 0 Å². The lowest BCUT2D eigenvalue weighted by molar-refractivity contribution is -0.140. The van der Waals surface area contributed by atoms with Gasteiger partial charge in [0, 0.05) is 6.92 Å². The minimum Gasteiger partial charge on any atom is -0.319 e. The second-order valence-electron chi connectivity index (χ2n) is 10.2. The second kappa shape index (κ2) is 9.41. The molecule has 0 aliphatic heterocycles. The molecule has 1 saturated carbocycles. The molecule has 0 heterocycles. The third kappa shape index (κ3) is 5.58. The van der Waals surface area contributed by atoms with Crippen molar-refractivity contribution in [2.24, 2.45) is 27.8 Å². The molecule has 0 aromatic carbocycles. The SMILES string of the molecule is CC(=O)O/N=C(/C)CC/C=C(/C)CC[C@@H]1C(C)=CC[C@@H]2C(C)(C)CCC[C@@]12C. The fourth-order valence-electron chi connectivity index (χ4n) is 5.88. The summed E-state index contributed by atoms with van der Waals surface area (Å²) < 4.78 is 0. The van der Waals surface area contributed by atoms with Crippen LogP contribution in [0.2, 0.25) is 0 Å². The molecule has 28 heavy (non-hydrogen) atoms. The molecule has 3 nitrogen and oxygen atoms in total. The van der Waals surface area contributed by atoms with Gasteiger partial charge in [0.25, 0.3) is 0 Å². The molecule has 0 bridgehead atoms. The van der Waals surface area contributed by atoms with Crippen molar-refractivity contribution in [2.75, 3.05) is 0 Å². The largest absolute Gasteiger partial charge is 0.331 e. The summed E-state index contributed by atoms with van der Waals surface area (Å²) in [6.45, 7) is 15.5. The normalized spacial score (nSPS) is 30.5. The van der Waals surface area contributed by atoms with Crippen LogP contribution in [0.1, 0.15) is 99.8 Å². The van der Waals surface area contributed by atoms with Gasteiger partial charge in [0.2, 0.25) is 0 Å². The number of oxime groups is 1. The Morgan fingerprint density at radius 1 is 1.21 bits per heavy atom. The zero-order valence-corrected chi connectivity index (χ0v) is 19.2. The minimum atomic E-state index is -0.361. The number of hydrogen-bond acceptors (Lipinski definition) is 3. The van der Waals surface area contributed by atoms with Gasteiger partial charge in [-0.2, -0.15) is 0 Å². The van der Waals surface area contributed by atoms with Gasteiger partial charge in [-0.05, 0) is 88.4 Å². The topological polar surface area (TPSA) is 38.7 Å². The van der Waals surface area contributed by atoms with Crippen LogP contribution in [0.25, 0.3) is 0 Å². The molecule has 0 radical (unpaired) electrons. The lowest BCUT2D eigenvalue weighted by Gasteiger charge is -2.57. The highest BCUT2D eigenvalue weighted by molar-refractivity contribution is 5.82. The Bertz CT molecular complexity index is 655. The van der Waals surface area contributed by atoms with Crippen LogP contribution in [0, 0.1) is 22.7 Å². The van der Waals surface area contributed by atoms with Crippen molar-refractivity contribution in [3.8, 4) is 0 Å². The highest BCUT2D eigenvalue weighted by Crippen LogP contribution is 2.60. The Balaban J connectivity index is 1.95. The summed E-state index contributed by atoms with van der Waals surface area (Å²) in [5, 5.41) is 3.85. The molecule has 2 rings (SSSR count). The Labute approximate surface area is 172 Å². The van der Waals surface area contributed by atoms with E-state index in [-0.39, 0.29) is 5.97 Å². The van der Waals surface area contributed by atoms with Gasteiger partial charge in [-0.1, -0.05) is 55.6 Å². The van der Waals surface area contributed by atoms with Crippen molar-refractivity contribution in [2.45, 2.75) is 99.8 Å². The molecular formula is C25H41NO2. The fraction of sp³-hybridized carbons (Fsp3) is 0.760. The van der Waals surface area contributed by atoms with E-state index < -0.39 is 0 Å². The van der Waals surface area contributed by atoms with E-state index in [2.05, 4.69) is 51.9 Å². The van der Waals surface area contributed by atoms with Crippen LogP contribution in [0.5, 0.6) is 0 Å². The zero-order valence-electron chi connectivity index (χ0n) is 19.2. The number of hydrogen-bond donors (Lipinski definition) is 0.